The SMILES string of the molecule is COc1cccc(O)c1C1C2=CCC3C(=O)N(c4ccc(I)cc4)C(=O)C3C2CC2(Cl)C(=O)N(c3ccc(F)cc3)C(=O)C12Cl. The van der Waals surface area contributed by atoms with E-state index in [1.807, 2.05) is 0 Å². The molecule has 2 heterocycles. The van der Waals surface area contributed by atoms with Gasteiger partial charge < -0.3 is 9.84 Å². The number of amides is 4. The van der Waals surface area contributed by atoms with E-state index in [4.69, 9.17) is 27.9 Å². The van der Waals surface area contributed by atoms with E-state index in [0.29, 0.717) is 11.3 Å². The summed E-state index contributed by atoms with van der Waals surface area (Å²) >= 11 is 16.9. The minimum absolute atomic E-state index is 0.0654. The van der Waals surface area contributed by atoms with E-state index in [9.17, 15) is 28.7 Å². The second kappa shape index (κ2) is 10.5. The first-order chi connectivity index (χ1) is 21.4. The third-order valence-electron chi connectivity index (χ3n) is 9.53. The van der Waals surface area contributed by atoms with E-state index >= 15 is 0 Å². The van der Waals surface area contributed by atoms with Crippen molar-refractivity contribution in [1.82, 2.24) is 0 Å². The third-order valence-corrected chi connectivity index (χ3v) is 11.7. The highest BCUT2D eigenvalue weighted by molar-refractivity contribution is 14.1. The van der Waals surface area contributed by atoms with E-state index in [0.717, 1.165) is 20.6 Å². The number of anilines is 2. The summed E-state index contributed by atoms with van der Waals surface area (Å²) in [5.41, 5.74) is 1.13. The van der Waals surface area contributed by atoms with Crippen molar-refractivity contribution < 1.29 is 33.4 Å². The molecule has 4 amide bonds. The van der Waals surface area contributed by atoms with Crippen LogP contribution >= 0.6 is 45.8 Å². The highest BCUT2D eigenvalue weighted by Gasteiger charge is 2.77. The molecule has 2 aliphatic carbocycles. The molecule has 6 unspecified atom stereocenters. The molecular weight excluding hydrogens is 737 g/mol. The van der Waals surface area contributed by atoms with Crippen molar-refractivity contribution in [1.29, 1.82) is 0 Å². The molecule has 2 aliphatic heterocycles. The number of carbonyl (C=O) groups is 4. The number of allylic oxidation sites excluding steroid dienone is 2. The maximum absolute atomic E-state index is 14.5. The van der Waals surface area contributed by atoms with Gasteiger partial charge in [-0.15, -0.1) is 23.2 Å². The van der Waals surface area contributed by atoms with Gasteiger partial charge in [0.1, 0.15) is 17.3 Å². The number of phenolic OH excluding ortho intramolecular Hbond substituents is 1. The zero-order valence-corrected chi connectivity index (χ0v) is 27.2. The fourth-order valence-electron chi connectivity index (χ4n) is 7.56. The van der Waals surface area contributed by atoms with Crippen molar-refractivity contribution in [3.63, 3.8) is 0 Å². The molecule has 4 aliphatic rings. The van der Waals surface area contributed by atoms with E-state index in [2.05, 4.69) is 22.6 Å². The second-order valence-corrected chi connectivity index (χ2v) is 14.1. The van der Waals surface area contributed by atoms with E-state index in [1.165, 1.54) is 30.2 Å². The van der Waals surface area contributed by atoms with Crippen LogP contribution in [0, 0.1) is 27.1 Å². The first-order valence-corrected chi connectivity index (χ1v) is 16.0. The molecule has 8 nitrogen and oxygen atoms in total. The number of aromatic hydroxyl groups is 1. The maximum atomic E-state index is 14.5. The first kappa shape index (κ1) is 30.2. The lowest BCUT2D eigenvalue weighted by Gasteiger charge is -2.50. The smallest absolute Gasteiger partial charge is 0.258 e. The number of rotatable bonds is 4. The van der Waals surface area contributed by atoms with Crippen LogP contribution in [0.15, 0.2) is 78.4 Å². The number of imide groups is 2. The predicted molar refractivity (Wildman–Crippen MR) is 173 cm³/mol. The largest absolute Gasteiger partial charge is 0.508 e. The molecule has 1 saturated carbocycles. The summed E-state index contributed by atoms with van der Waals surface area (Å²) < 4.78 is 20.4. The van der Waals surface area contributed by atoms with Crippen LogP contribution < -0.4 is 14.5 Å². The number of fused-ring (bicyclic) bond motifs is 4. The molecule has 3 aromatic carbocycles. The Morgan fingerprint density at radius 1 is 0.889 bits per heavy atom. The normalized spacial score (nSPS) is 30.6. The van der Waals surface area contributed by atoms with Gasteiger partial charge in [0.15, 0.2) is 9.75 Å². The number of ether oxygens (including phenoxy) is 1. The van der Waals surface area contributed by atoms with Gasteiger partial charge >= 0.3 is 0 Å². The zero-order chi connectivity index (χ0) is 32.0. The summed E-state index contributed by atoms with van der Waals surface area (Å²) in [4.78, 5) is 54.4. The molecule has 230 valence electrons. The molecule has 12 heteroatoms. The lowest BCUT2D eigenvalue weighted by molar-refractivity contribution is -0.125. The Morgan fingerprint density at radius 3 is 2.20 bits per heavy atom. The van der Waals surface area contributed by atoms with Crippen molar-refractivity contribution in [3.05, 3.63) is 93.3 Å². The van der Waals surface area contributed by atoms with E-state index in [1.54, 1.807) is 42.5 Å². The Labute approximate surface area is 280 Å². The van der Waals surface area contributed by atoms with Gasteiger partial charge in [-0.2, -0.15) is 0 Å². The van der Waals surface area contributed by atoms with Gasteiger partial charge in [0.25, 0.3) is 11.8 Å². The van der Waals surface area contributed by atoms with Crippen LogP contribution in [0.25, 0.3) is 0 Å². The maximum Gasteiger partial charge on any atom is 0.258 e. The van der Waals surface area contributed by atoms with Crippen molar-refractivity contribution in [2.24, 2.45) is 17.8 Å². The summed E-state index contributed by atoms with van der Waals surface area (Å²) in [7, 11) is 1.39. The van der Waals surface area contributed by atoms with Crippen LogP contribution in [-0.4, -0.2) is 45.6 Å². The molecule has 45 heavy (non-hydrogen) atoms. The van der Waals surface area contributed by atoms with Gasteiger partial charge in [-0.3, -0.25) is 24.1 Å². The van der Waals surface area contributed by atoms with Gasteiger partial charge in [0.05, 0.1) is 30.3 Å². The number of alkyl halides is 2. The molecule has 6 atom stereocenters. The number of hydrogen-bond acceptors (Lipinski definition) is 6. The van der Waals surface area contributed by atoms with Gasteiger partial charge in [-0.05, 0) is 102 Å². The molecule has 0 aromatic heterocycles. The van der Waals surface area contributed by atoms with Crippen LogP contribution in [0.5, 0.6) is 11.5 Å². The van der Waals surface area contributed by atoms with Crippen molar-refractivity contribution >= 4 is 80.8 Å². The van der Waals surface area contributed by atoms with Crippen LogP contribution in [0.1, 0.15) is 24.3 Å². The molecule has 0 bridgehead atoms. The van der Waals surface area contributed by atoms with Crippen molar-refractivity contribution in [3.8, 4) is 11.5 Å². The van der Waals surface area contributed by atoms with Crippen LogP contribution in [0.2, 0.25) is 0 Å². The molecule has 7 rings (SSSR count). The van der Waals surface area contributed by atoms with Crippen molar-refractivity contribution in [2.75, 3.05) is 16.9 Å². The van der Waals surface area contributed by atoms with Gasteiger partial charge in [0.2, 0.25) is 11.8 Å². The topological polar surface area (TPSA) is 104 Å². The Hall–Kier alpha value is -3.48. The molecular formula is C33H24Cl2FIN2O6. The number of nitrogens with zero attached hydrogens (tertiary/aromatic N) is 2. The van der Waals surface area contributed by atoms with Crippen LogP contribution in [-0.2, 0) is 19.2 Å². The molecule has 0 spiro atoms. The van der Waals surface area contributed by atoms with Gasteiger partial charge in [0, 0.05) is 15.1 Å². The number of benzene rings is 3. The number of phenols is 1. The quantitative estimate of drug-likeness (QED) is 0.154. The summed E-state index contributed by atoms with van der Waals surface area (Å²) in [5.74, 6) is -6.82. The summed E-state index contributed by atoms with van der Waals surface area (Å²) in [6.45, 7) is 0. The Kier molecular flexibility index (Phi) is 7.06. The van der Waals surface area contributed by atoms with E-state index < -0.39 is 57.0 Å². The number of methoxy groups -OCH3 is 1. The Morgan fingerprint density at radius 2 is 1.53 bits per heavy atom. The molecule has 2 saturated heterocycles. The second-order valence-electron chi connectivity index (χ2n) is 11.6. The van der Waals surface area contributed by atoms with Gasteiger partial charge in [-0.1, -0.05) is 17.7 Å². The minimum Gasteiger partial charge on any atom is -0.508 e. The lowest BCUT2D eigenvalue weighted by atomic mass is 9.56. The fourth-order valence-corrected chi connectivity index (χ4v) is 8.84. The van der Waals surface area contributed by atoms with Gasteiger partial charge in [-0.25, -0.2) is 9.29 Å². The zero-order valence-electron chi connectivity index (χ0n) is 23.5. The Balaban J connectivity index is 1.43. The average Bonchev–Trinajstić information content (AvgIpc) is 3.36. The highest BCUT2D eigenvalue weighted by Crippen LogP contribution is 2.67. The fraction of sp³-hybridized carbons (Fsp3) is 0.273. The van der Waals surface area contributed by atoms with Crippen LogP contribution in [0.3, 0.4) is 0 Å². The lowest BCUT2D eigenvalue weighted by Crippen LogP contribution is -2.60. The minimum atomic E-state index is -2.19. The summed E-state index contributed by atoms with van der Waals surface area (Å²) in [6.07, 6.45) is 1.71. The summed E-state index contributed by atoms with van der Waals surface area (Å²) in [5, 5.41) is 11.3. The molecule has 3 fully saturated rings. The number of carbonyl (C=O) groups excluding carboxylic acids is 4. The molecule has 0 radical (unpaired) electrons. The monoisotopic (exact) mass is 760 g/mol. The standard InChI is InChI=1S/C33H24Cl2FIN2O6/c1-45-24-4-2-3-23(40)26(24)27-20-13-14-21-25(29(42)38(28(21)41)18-11-7-17(37)8-12-18)22(20)15-32(34)30(43)39(31(44)33(27,32)35)19-9-5-16(36)6-10-19/h2-13,21-22,25,27,40H,14-15H2,1H3. The molecule has 3 aromatic rings. The highest BCUT2D eigenvalue weighted by atomic mass is 127. The Bertz CT molecular complexity index is 1840. The van der Waals surface area contributed by atoms with E-state index in [-0.39, 0.29) is 41.5 Å². The third kappa shape index (κ3) is 4.07. The average molecular weight is 761 g/mol. The summed E-state index contributed by atoms with van der Waals surface area (Å²) in [6, 6.07) is 16.3. The predicted octanol–water partition coefficient (Wildman–Crippen LogP) is 5.91. The van der Waals surface area contributed by atoms with Crippen LogP contribution in [0.4, 0.5) is 15.8 Å². The first-order valence-electron chi connectivity index (χ1n) is 14.2. The van der Waals surface area contributed by atoms with Crippen molar-refractivity contribution in [2.45, 2.75) is 28.5 Å². The molecule has 1 N–H and O–H groups in total. The number of halogens is 4. The number of hydrogen-bond donors (Lipinski definition) is 1.